The Balaban J connectivity index is 1.41. The van der Waals surface area contributed by atoms with Crippen LogP contribution in [0.5, 0.6) is 11.5 Å². The third-order valence-corrected chi connectivity index (χ3v) is 6.53. The number of hydrazone groups is 1. The molecule has 224 valence electrons. The summed E-state index contributed by atoms with van der Waals surface area (Å²) >= 11 is 0.934. The molecule has 0 aliphatic carbocycles. The standard InChI is InChI=1S/C28H24F4N6O4S/c1-17(20-7-12-24(41-2)23(29)13-20)35-27(43-15-25(39)40)36-34-14-18-3-5-19(6-4-18)26-33-16-38(37-26)21-8-10-22(11-9-21)42-28(30,31)32/h3-14,16-17H,15H2,1-2H3,(H,35,36)(H,39,40)/b34-14-. The predicted octanol–water partition coefficient (Wildman–Crippen LogP) is 5.84. The monoisotopic (exact) mass is 616 g/mol. The summed E-state index contributed by atoms with van der Waals surface area (Å²) in [6.07, 6.45) is -1.83. The molecule has 15 heteroatoms. The number of nitrogens with zero attached hydrogens (tertiary/aromatic N) is 5. The number of carboxylic acids is 1. The highest BCUT2D eigenvalue weighted by atomic mass is 32.2. The molecular weight excluding hydrogens is 592 g/mol. The number of thioether (sulfide) groups is 1. The number of amidine groups is 1. The van der Waals surface area contributed by atoms with Crippen molar-refractivity contribution in [3.8, 4) is 28.6 Å². The fourth-order valence-electron chi connectivity index (χ4n) is 3.62. The van der Waals surface area contributed by atoms with Gasteiger partial charge in [0.05, 0.1) is 30.8 Å². The van der Waals surface area contributed by atoms with Crippen LogP contribution in [0.2, 0.25) is 0 Å². The normalized spacial score (nSPS) is 12.7. The van der Waals surface area contributed by atoms with Gasteiger partial charge in [0.2, 0.25) is 0 Å². The van der Waals surface area contributed by atoms with Crippen molar-refractivity contribution >= 4 is 29.1 Å². The summed E-state index contributed by atoms with van der Waals surface area (Å²) in [5.74, 6) is -1.68. The number of methoxy groups -OCH3 is 1. The molecule has 43 heavy (non-hydrogen) atoms. The van der Waals surface area contributed by atoms with E-state index in [1.54, 1.807) is 37.3 Å². The molecule has 0 aliphatic rings. The number of aromatic nitrogens is 3. The van der Waals surface area contributed by atoms with E-state index < -0.39 is 24.2 Å². The van der Waals surface area contributed by atoms with E-state index in [1.807, 2.05) is 0 Å². The highest BCUT2D eigenvalue weighted by Gasteiger charge is 2.31. The largest absolute Gasteiger partial charge is 0.573 e. The lowest BCUT2D eigenvalue weighted by atomic mass is 10.1. The van der Waals surface area contributed by atoms with E-state index in [1.165, 1.54) is 60.7 Å². The zero-order valence-electron chi connectivity index (χ0n) is 22.6. The molecule has 1 atom stereocenters. The Bertz CT molecular complexity index is 1610. The van der Waals surface area contributed by atoms with Crippen LogP contribution in [-0.2, 0) is 4.79 Å². The van der Waals surface area contributed by atoms with Crippen LogP contribution in [0.25, 0.3) is 17.1 Å². The Morgan fingerprint density at radius 2 is 1.86 bits per heavy atom. The van der Waals surface area contributed by atoms with Gasteiger partial charge in [-0.2, -0.15) is 5.10 Å². The molecule has 0 spiro atoms. The Morgan fingerprint density at radius 1 is 1.14 bits per heavy atom. The molecule has 10 nitrogen and oxygen atoms in total. The van der Waals surface area contributed by atoms with Gasteiger partial charge >= 0.3 is 12.3 Å². The number of rotatable bonds is 10. The summed E-state index contributed by atoms with van der Waals surface area (Å²) < 4.78 is 61.5. The minimum Gasteiger partial charge on any atom is -0.494 e. The molecule has 2 N–H and O–H groups in total. The Labute approximate surface area is 247 Å². The van der Waals surface area contributed by atoms with Crippen LogP contribution in [0.15, 0.2) is 83.2 Å². The van der Waals surface area contributed by atoms with Crippen LogP contribution in [0, 0.1) is 5.82 Å². The zero-order chi connectivity index (χ0) is 31.0. The summed E-state index contributed by atoms with van der Waals surface area (Å²) in [4.78, 5) is 19.8. The van der Waals surface area contributed by atoms with Gasteiger partial charge < -0.3 is 14.6 Å². The summed E-state index contributed by atoms with van der Waals surface area (Å²) in [5, 5.41) is 17.8. The molecule has 4 aromatic rings. The van der Waals surface area contributed by atoms with Crippen LogP contribution in [0.3, 0.4) is 0 Å². The number of carboxylic acid groups (broad SMARTS) is 1. The van der Waals surface area contributed by atoms with Crippen LogP contribution >= 0.6 is 11.8 Å². The molecule has 0 fully saturated rings. The first kappa shape index (κ1) is 31.0. The fourth-order valence-corrected chi connectivity index (χ4v) is 4.23. The van der Waals surface area contributed by atoms with E-state index in [-0.39, 0.29) is 22.4 Å². The number of benzene rings is 3. The Hall–Kier alpha value is -4.92. The lowest BCUT2D eigenvalue weighted by Crippen LogP contribution is -2.17. The van der Waals surface area contributed by atoms with Crippen molar-refractivity contribution in [1.29, 1.82) is 0 Å². The number of carbonyl (C=O) groups is 1. The van der Waals surface area contributed by atoms with E-state index in [4.69, 9.17) is 9.84 Å². The van der Waals surface area contributed by atoms with Gasteiger partial charge in [-0.15, -0.1) is 18.3 Å². The van der Waals surface area contributed by atoms with Gasteiger partial charge in [0.1, 0.15) is 12.1 Å². The first-order valence-corrected chi connectivity index (χ1v) is 13.4. The van der Waals surface area contributed by atoms with E-state index in [0.717, 1.165) is 11.8 Å². The van der Waals surface area contributed by atoms with Gasteiger partial charge in [0, 0.05) is 5.56 Å². The number of hydrogen-bond acceptors (Lipinski definition) is 8. The maximum atomic E-state index is 14.1. The fraction of sp³-hybridized carbons (Fsp3) is 0.179. The third-order valence-electron chi connectivity index (χ3n) is 5.67. The molecule has 1 unspecified atom stereocenters. The smallest absolute Gasteiger partial charge is 0.494 e. The van der Waals surface area contributed by atoms with Gasteiger partial charge in [0.15, 0.2) is 22.6 Å². The first-order chi connectivity index (χ1) is 20.5. The van der Waals surface area contributed by atoms with E-state index in [2.05, 4.69) is 30.3 Å². The third kappa shape index (κ3) is 9.03. The number of nitrogens with one attached hydrogen (secondary N) is 1. The molecule has 0 aliphatic heterocycles. The summed E-state index contributed by atoms with van der Waals surface area (Å²) in [6.45, 7) is 1.74. The van der Waals surface area contributed by atoms with Gasteiger partial charge in [-0.1, -0.05) is 42.1 Å². The SMILES string of the molecule is COc1ccc(C(C)N=C(N/N=C\c2ccc(-c3ncn(-c4ccc(OC(F)(F)F)cc4)n3)cc2)SCC(=O)O)cc1F. The van der Waals surface area contributed by atoms with Crippen LogP contribution in [0.1, 0.15) is 24.1 Å². The van der Waals surface area contributed by atoms with Gasteiger partial charge in [-0.05, 0) is 54.4 Å². The van der Waals surface area contributed by atoms with Crippen molar-refractivity contribution in [2.75, 3.05) is 12.9 Å². The second-order valence-corrected chi connectivity index (χ2v) is 9.70. The van der Waals surface area contributed by atoms with Crippen molar-refractivity contribution in [3.05, 3.63) is 90.0 Å². The van der Waals surface area contributed by atoms with E-state index in [9.17, 15) is 22.4 Å². The number of ether oxygens (including phenoxy) is 2. The Morgan fingerprint density at radius 3 is 2.49 bits per heavy atom. The summed E-state index contributed by atoms with van der Waals surface area (Å²) in [5.41, 5.74) is 5.19. The molecule has 3 aromatic carbocycles. The topological polar surface area (TPSA) is 123 Å². The highest BCUT2D eigenvalue weighted by molar-refractivity contribution is 8.14. The molecule has 1 aromatic heterocycles. The van der Waals surface area contributed by atoms with Gasteiger partial charge in [-0.3, -0.25) is 15.2 Å². The van der Waals surface area contributed by atoms with Crippen LogP contribution in [0.4, 0.5) is 17.6 Å². The average molecular weight is 617 g/mol. The lowest BCUT2D eigenvalue weighted by molar-refractivity contribution is -0.274. The van der Waals surface area contributed by atoms with Crippen molar-refractivity contribution in [2.24, 2.45) is 10.1 Å². The number of hydrogen-bond donors (Lipinski definition) is 2. The van der Waals surface area contributed by atoms with Crippen molar-refractivity contribution in [2.45, 2.75) is 19.3 Å². The molecule has 0 amide bonds. The lowest BCUT2D eigenvalue weighted by Gasteiger charge is -2.11. The number of halogens is 4. The van der Waals surface area contributed by atoms with Gasteiger partial charge in [-0.25, -0.2) is 14.1 Å². The molecular formula is C28H24F4N6O4S. The van der Waals surface area contributed by atoms with Gasteiger partial charge in [0.25, 0.3) is 0 Å². The molecule has 4 rings (SSSR count). The van der Waals surface area contributed by atoms with Crippen molar-refractivity contribution in [3.63, 3.8) is 0 Å². The second-order valence-electron chi connectivity index (χ2n) is 8.73. The minimum atomic E-state index is -4.78. The first-order valence-electron chi connectivity index (χ1n) is 12.4. The number of aliphatic imine (C=N–C) groups is 1. The molecule has 0 bridgehead atoms. The minimum absolute atomic E-state index is 0.103. The predicted molar refractivity (Wildman–Crippen MR) is 153 cm³/mol. The van der Waals surface area contributed by atoms with Crippen molar-refractivity contribution in [1.82, 2.24) is 20.2 Å². The number of aliphatic carboxylic acids is 1. The van der Waals surface area contributed by atoms with Crippen LogP contribution in [-0.4, -0.2) is 56.4 Å². The molecule has 0 saturated heterocycles. The Kier molecular flexibility index (Phi) is 9.98. The summed E-state index contributed by atoms with van der Waals surface area (Å²) in [7, 11) is 1.37. The average Bonchev–Trinajstić information content (AvgIpc) is 3.46. The highest BCUT2D eigenvalue weighted by Crippen LogP contribution is 2.25. The van der Waals surface area contributed by atoms with E-state index >= 15 is 0 Å². The zero-order valence-corrected chi connectivity index (χ0v) is 23.4. The van der Waals surface area contributed by atoms with Crippen LogP contribution < -0.4 is 14.9 Å². The molecule has 0 radical (unpaired) electrons. The second kappa shape index (κ2) is 13.8. The van der Waals surface area contributed by atoms with E-state index in [0.29, 0.717) is 28.2 Å². The molecule has 0 saturated carbocycles. The molecule has 1 heterocycles. The maximum Gasteiger partial charge on any atom is 0.573 e. The van der Waals surface area contributed by atoms with Crippen molar-refractivity contribution < 1.29 is 36.9 Å². The maximum absolute atomic E-state index is 14.1. The summed E-state index contributed by atoms with van der Waals surface area (Å²) in [6, 6.07) is 16.2. The number of alkyl halides is 3. The quantitative estimate of drug-likeness (QED) is 0.0987.